The van der Waals surface area contributed by atoms with Crippen molar-refractivity contribution in [2.75, 3.05) is 0 Å². The third-order valence-electron chi connectivity index (χ3n) is 2.18. The van der Waals surface area contributed by atoms with Crippen LogP contribution in [0.3, 0.4) is 0 Å². The summed E-state index contributed by atoms with van der Waals surface area (Å²) in [4.78, 5) is 0. The van der Waals surface area contributed by atoms with E-state index < -0.39 is 0 Å². The molecule has 1 aromatic carbocycles. The molecule has 1 unspecified atom stereocenters. The van der Waals surface area contributed by atoms with Crippen molar-refractivity contribution in [1.29, 1.82) is 0 Å². The van der Waals surface area contributed by atoms with Gasteiger partial charge in [0.2, 0.25) is 0 Å². The van der Waals surface area contributed by atoms with Crippen LogP contribution < -0.4 is 0 Å². The van der Waals surface area contributed by atoms with Crippen LogP contribution in [-0.2, 0) is 0 Å². The van der Waals surface area contributed by atoms with Gasteiger partial charge in [0.25, 0.3) is 0 Å². The van der Waals surface area contributed by atoms with E-state index in [1.54, 1.807) is 13.0 Å². The fourth-order valence-corrected chi connectivity index (χ4v) is 1.17. The number of benzene rings is 1. The van der Waals surface area contributed by atoms with Gasteiger partial charge >= 0.3 is 0 Å². The second-order valence-corrected chi connectivity index (χ2v) is 3.41. The first-order valence-corrected chi connectivity index (χ1v) is 4.27. The van der Waals surface area contributed by atoms with E-state index >= 15 is 0 Å². The lowest BCUT2D eigenvalue weighted by Gasteiger charge is -2.12. The molecule has 0 fully saturated rings. The summed E-state index contributed by atoms with van der Waals surface area (Å²) in [6, 6.07) is 5.06. The maximum Gasteiger partial charge on any atom is 0.126 e. The van der Waals surface area contributed by atoms with Gasteiger partial charge in [-0.25, -0.2) is 4.39 Å². The van der Waals surface area contributed by atoms with Crippen molar-refractivity contribution in [2.24, 2.45) is 0 Å². The van der Waals surface area contributed by atoms with E-state index in [1.807, 2.05) is 13.0 Å². The summed E-state index contributed by atoms with van der Waals surface area (Å²) >= 11 is 0. The van der Waals surface area contributed by atoms with Crippen molar-refractivity contribution in [1.82, 2.24) is 0 Å². The molecule has 69 valence electrons. The lowest BCUT2D eigenvalue weighted by molar-refractivity contribution is 0.617. The lowest BCUT2D eigenvalue weighted by atomic mass is 9.94. The quantitative estimate of drug-likeness (QED) is 0.605. The second-order valence-electron chi connectivity index (χ2n) is 3.41. The molecule has 0 aliphatic carbocycles. The van der Waals surface area contributed by atoms with Crippen molar-refractivity contribution in [3.63, 3.8) is 0 Å². The predicted molar refractivity (Wildman–Crippen MR) is 54.0 cm³/mol. The van der Waals surface area contributed by atoms with Gasteiger partial charge in [0, 0.05) is 5.92 Å². The minimum Gasteiger partial charge on any atom is -0.207 e. The van der Waals surface area contributed by atoms with Gasteiger partial charge in [-0.2, -0.15) is 0 Å². The van der Waals surface area contributed by atoms with Crippen LogP contribution in [0.15, 0.2) is 30.4 Å². The van der Waals surface area contributed by atoms with E-state index in [0.717, 1.165) is 11.1 Å². The Morgan fingerprint density at radius 3 is 2.54 bits per heavy atom. The Labute approximate surface area is 79.1 Å². The Bertz CT molecular complexity index is 326. The molecule has 13 heavy (non-hydrogen) atoms. The smallest absolute Gasteiger partial charge is 0.126 e. The van der Waals surface area contributed by atoms with Crippen molar-refractivity contribution in [2.45, 2.75) is 19.8 Å². The van der Waals surface area contributed by atoms with Gasteiger partial charge in [0.05, 0.1) is 0 Å². The monoisotopic (exact) mass is 177 g/mol. The van der Waals surface area contributed by atoms with Crippen LogP contribution in [0.2, 0.25) is 0 Å². The van der Waals surface area contributed by atoms with E-state index in [1.165, 1.54) is 6.07 Å². The molecule has 0 spiro atoms. The van der Waals surface area contributed by atoms with Gasteiger partial charge in [0.1, 0.15) is 5.82 Å². The van der Waals surface area contributed by atoms with E-state index in [9.17, 15) is 4.39 Å². The molecule has 0 nitrogen and oxygen atoms in total. The number of aryl methyl sites for hydroxylation is 1. The van der Waals surface area contributed by atoms with E-state index in [-0.39, 0.29) is 11.7 Å². The molecular weight excluding hydrogens is 163 g/mol. The van der Waals surface area contributed by atoms with Crippen LogP contribution in [0.1, 0.15) is 24.0 Å². The molecule has 0 aromatic heterocycles. The molecule has 1 atom stereocenters. The minimum atomic E-state index is -0.169. The fourth-order valence-electron chi connectivity index (χ4n) is 1.17. The molecule has 1 aromatic rings. The highest BCUT2D eigenvalue weighted by molar-refractivity contribution is 5.32. The summed E-state index contributed by atoms with van der Waals surface area (Å²) in [6.07, 6.45) is 0. The van der Waals surface area contributed by atoms with E-state index in [0.29, 0.717) is 5.56 Å². The Balaban J connectivity index is 3.03. The Hall–Kier alpha value is -1.11. The zero-order chi connectivity index (χ0) is 10.0. The molecule has 0 aliphatic heterocycles. The van der Waals surface area contributed by atoms with Gasteiger partial charge in [-0.05, 0) is 38.0 Å². The van der Waals surface area contributed by atoms with Crippen molar-refractivity contribution < 1.29 is 4.39 Å². The van der Waals surface area contributed by atoms with E-state index in [2.05, 4.69) is 13.5 Å². The first-order valence-electron chi connectivity index (χ1n) is 4.27. The van der Waals surface area contributed by atoms with Gasteiger partial charge in [0.15, 0.2) is 0 Å². The molecule has 0 bridgehead atoms. The number of hydrogen-bond donors (Lipinski definition) is 0. The van der Waals surface area contributed by atoms with Crippen LogP contribution in [0.5, 0.6) is 0 Å². The van der Waals surface area contributed by atoms with Crippen molar-refractivity contribution in [3.05, 3.63) is 54.2 Å². The highest BCUT2D eigenvalue weighted by Gasteiger charge is 2.07. The van der Waals surface area contributed by atoms with Crippen LogP contribution in [0, 0.1) is 19.7 Å². The predicted octanol–water partition coefficient (Wildman–Crippen LogP) is 3.63. The second kappa shape index (κ2) is 3.73. The molecular formula is C12H14F. The van der Waals surface area contributed by atoms with Crippen LogP contribution in [0.4, 0.5) is 4.39 Å². The number of allylic oxidation sites excluding steroid dienone is 1. The average molecular weight is 177 g/mol. The van der Waals surface area contributed by atoms with Crippen molar-refractivity contribution >= 4 is 0 Å². The number of halogens is 1. The molecule has 1 heteroatoms. The van der Waals surface area contributed by atoms with Crippen LogP contribution >= 0.6 is 0 Å². The molecule has 0 saturated heterocycles. The Morgan fingerprint density at radius 1 is 1.46 bits per heavy atom. The standard InChI is InChI=1S/C12H14F/c1-8(2)10(4)11-5-6-12(13)9(3)7-11/h5-7,10H,1,4H2,2-3H3. The summed E-state index contributed by atoms with van der Waals surface area (Å²) in [7, 11) is 0. The molecule has 0 saturated carbocycles. The highest BCUT2D eigenvalue weighted by atomic mass is 19.1. The summed E-state index contributed by atoms with van der Waals surface area (Å²) in [6.45, 7) is 11.5. The maximum absolute atomic E-state index is 12.9. The summed E-state index contributed by atoms with van der Waals surface area (Å²) < 4.78 is 12.9. The highest BCUT2D eigenvalue weighted by Crippen LogP contribution is 2.23. The topological polar surface area (TPSA) is 0 Å². The van der Waals surface area contributed by atoms with Gasteiger partial charge in [-0.3, -0.25) is 0 Å². The van der Waals surface area contributed by atoms with Gasteiger partial charge < -0.3 is 0 Å². The summed E-state index contributed by atoms with van der Waals surface area (Å²) in [5, 5.41) is 0. The fraction of sp³-hybridized carbons (Fsp3) is 0.250. The number of hydrogen-bond acceptors (Lipinski definition) is 0. The SMILES string of the molecule is [CH2]C(C(=C)C)c1ccc(F)c(C)c1. The van der Waals surface area contributed by atoms with Gasteiger partial charge in [-0.15, -0.1) is 0 Å². The maximum atomic E-state index is 12.9. The largest absolute Gasteiger partial charge is 0.207 e. The van der Waals surface area contributed by atoms with Crippen LogP contribution in [0.25, 0.3) is 0 Å². The number of rotatable bonds is 2. The third kappa shape index (κ3) is 2.18. The minimum absolute atomic E-state index is 0.0549. The zero-order valence-electron chi connectivity index (χ0n) is 8.10. The normalized spacial score (nSPS) is 12.6. The van der Waals surface area contributed by atoms with E-state index in [4.69, 9.17) is 0 Å². The molecule has 0 aliphatic rings. The Morgan fingerprint density at radius 2 is 2.08 bits per heavy atom. The summed E-state index contributed by atoms with van der Waals surface area (Å²) in [5.74, 6) is -0.114. The molecule has 1 radical (unpaired) electrons. The summed E-state index contributed by atoms with van der Waals surface area (Å²) in [5.41, 5.74) is 2.67. The van der Waals surface area contributed by atoms with Gasteiger partial charge in [-0.1, -0.05) is 24.3 Å². The Kier molecular flexibility index (Phi) is 2.86. The molecule has 0 heterocycles. The third-order valence-corrected chi connectivity index (χ3v) is 2.18. The van der Waals surface area contributed by atoms with Crippen LogP contribution in [-0.4, -0.2) is 0 Å². The average Bonchev–Trinajstić information content (AvgIpc) is 2.08. The van der Waals surface area contributed by atoms with Crippen molar-refractivity contribution in [3.8, 4) is 0 Å². The zero-order valence-corrected chi connectivity index (χ0v) is 8.10. The molecule has 0 amide bonds. The first-order chi connectivity index (χ1) is 6.02. The first kappa shape index (κ1) is 9.97. The molecule has 1 rings (SSSR count). The lowest BCUT2D eigenvalue weighted by Crippen LogP contribution is -1.96. The molecule has 0 N–H and O–H groups in total.